The molecule has 0 radical (unpaired) electrons. The average molecular weight is 427 g/mol. The lowest BCUT2D eigenvalue weighted by atomic mass is 10.0. The van der Waals surface area contributed by atoms with Crippen molar-refractivity contribution in [3.63, 3.8) is 0 Å². The second-order valence-corrected chi connectivity index (χ2v) is 7.54. The number of guanidine groups is 1. The molecule has 31 heavy (non-hydrogen) atoms. The normalized spacial score (nSPS) is 15.9. The SMILES string of the molecule is CN=C(NCC(c1ccccc1)N1CCOCC1)N(C)Cc1ccc(OC)cc1OC. The molecular weight excluding hydrogens is 392 g/mol. The van der Waals surface area contributed by atoms with Gasteiger partial charge in [0.15, 0.2) is 5.96 Å². The number of hydrogen-bond donors (Lipinski definition) is 1. The summed E-state index contributed by atoms with van der Waals surface area (Å²) < 4.78 is 16.4. The first-order chi connectivity index (χ1) is 15.2. The molecule has 7 heteroatoms. The third-order valence-electron chi connectivity index (χ3n) is 5.60. The predicted molar refractivity (Wildman–Crippen MR) is 124 cm³/mol. The second-order valence-electron chi connectivity index (χ2n) is 7.54. The van der Waals surface area contributed by atoms with Gasteiger partial charge in [-0.15, -0.1) is 0 Å². The van der Waals surface area contributed by atoms with Crippen molar-refractivity contribution in [1.82, 2.24) is 15.1 Å². The largest absolute Gasteiger partial charge is 0.497 e. The highest BCUT2D eigenvalue weighted by atomic mass is 16.5. The van der Waals surface area contributed by atoms with Crippen molar-refractivity contribution < 1.29 is 14.2 Å². The van der Waals surface area contributed by atoms with Crippen molar-refractivity contribution >= 4 is 5.96 Å². The maximum atomic E-state index is 5.56. The maximum Gasteiger partial charge on any atom is 0.193 e. The Balaban J connectivity index is 1.69. The van der Waals surface area contributed by atoms with E-state index in [2.05, 4.69) is 50.4 Å². The van der Waals surface area contributed by atoms with Gasteiger partial charge in [-0.25, -0.2) is 0 Å². The Kier molecular flexibility index (Phi) is 8.55. The van der Waals surface area contributed by atoms with Gasteiger partial charge in [0.2, 0.25) is 0 Å². The highest BCUT2D eigenvalue weighted by Crippen LogP contribution is 2.26. The summed E-state index contributed by atoms with van der Waals surface area (Å²) in [6.45, 7) is 4.84. The molecule has 0 aliphatic carbocycles. The summed E-state index contributed by atoms with van der Waals surface area (Å²) in [5.74, 6) is 2.42. The molecule has 2 aromatic carbocycles. The molecule has 1 saturated heterocycles. The number of aliphatic imine (C=N–C) groups is 1. The minimum Gasteiger partial charge on any atom is -0.497 e. The van der Waals surface area contributed by atoms with E-state index < -0.39 is 0 Å². The summed E-state index contributed by atoms with van der Waals surface area (Å²) in [4.78, 5) is 9.09. The van der Waals surface area contributed by atoms with E-state index in [9.17, 15) is 0 Å². The lowest BCUT2D eigenvalue weighted by molar-refractivity contribution is 0.0169. The van der Waals surface area contributed by atoms with Gasteiger partial charge in [0, 0.05) is 51.9 Å². The van der Waals surface area contributed by atoms with Crippen molar-refractivity contribution in [3.8, 4) is 11.5 Å². The molecule has 1 heterocycles. The Morgan fingerprint density at radius 1 is 1.13 bits per heavy atom. The molecule has 1 atom stereocenters. The standard InChI is InChI=1S/C24H34N4O3/c1-25-24(27(2)18-20-10-11-21(29-3)16-23(20)30-4)26-17-22(19-8-6-5-7-9-19)28-12-14-31-15-13-28/h5-11,16,22H,12-15,17-18H2,1-4H3,(H,25,26). The van der Waals surface area contributed by atoms with Gasteiger partial charge in [-0.2, -0.15) is 0 Å². The van der Waals surface area contributed by atoms with E-state index >= 15 is 0 Å². The van der Waals surface area contributed by atoms with Crippen LogP contribution in [0.1, 0.15) is 17.2 Å². The summed E-state index contributed by atoms with van der Waals surface area (Å²) in [7, 11) is 7.18. The third-order valence-corrected chi connectivity index (χ3v) is 5.60. The summed E-state index contributed by atoms with van der Waals surface area (Å²) in [5.41, 5.74) is 2.37. The summed E-state index contributed by atoms with van der Waals surface area (Å²) >= 11 is 0. The zero-order valence-electron chi connectivity index (χ0n) is 19.0. The van der Waals surface area contributed by atoms with E-state index in [4.69, 9.17) is 14.2 Å². The number of morpholine rings is 1. The summed E-state index contributed by atoms with van der Waals surface area (Å²) in [5, 5.41) is 3.57. The lowest BCUT2D eigenvalue weighted by Crippen LogP contribution is -2.46. The number of benzene rings is 2. The minimum atomic E-state index is 0.255. The van der Waals surface area contributed by atoms with Crippen LogP contribution < -0.4 is 14.8 Å². The van der Waals surface area contributed by atoms with Gasteiger partial charge in [0.25, 0.3) is 0 Å². The first-order valence-electron chi connectivity index (χ1n) is 10.7. The smallest absolute Gasteiger partial charge is 0.193 e. The zero-order valence-corrected chi connectivity index (χ0v) is 19.0. The van der Waals surface area contributed by atoms with Crippen LogP contribution in [0.2, 0.25) is 0 Å². The van der Waals surface area contributed by atoms with E-state index in [0.717, 1.165) is 55.9 Å². The van der Waals surface area contributed by atoms with E-state index in [1.54, 1.807) is 14.2 Å². The Bertz CT molecular complexity index is 838. The molecule has 1 aliphatic heterocycles. The zero-order chi connectivity index (χ0) is 22.1. The molecule has 168 valence electrons. The molecule has 0 saturated carbocycles. The van der Waals surface area contributed by atoms with E-state index in [0.29, 0.717) is 6.54 Å². The lowest BCUT2D eigenvalue weighted by Gasteiger charge is -2.35. The molecule has 1 N–H and O–H groups in total. The van der Waals surface area contributed by atoms with Crippen LogP contribution >= 0.6 is 0 Å². The van der Waals surface area contributed by atoms with Crippen LogP contribution in [0.3, 0.4) is 0 Å². The highest BCUT2D eigenvalue weighted by Gasteiger charge is 2.23. The van der Waals surface area contributed by atoms with Crippen molar-refractivity contribution in [2.45, 2.75) is 12.6 Å². The summed E-state index contributed by atoms with van der Waals surface area (Å²) in [6.07, 6.45) is 0. The van der Waals surface area contributed by atoms with Gasteiger partial charge >= 0.3 is 0 Å². The summed E-state index contributed by atoms with van der Waals surface area (Å²) in [6, 6.07) is 16.8. The Morgan fingerprint density at radius 2 is 1.87 bits per heavy atom. The molecule has 2 aromatic rings. The Morgan fingerprint density at radius 3 is 2.52 bits per heavy atom. The van der Waals surface area contributed by atoms with E-state index in [-0.39, 0.29) is 6.04 Å². The van der Waals surface area contributed by atoms with Crippen LogP contribution in [0.4, 0.5) is 0 Å². The molecule has 7 nitrogen and oxygen atoms in total. The van der Waals surface area contributed by atoms with Gasteiger partial charge in [-0.3, -0.25) is 9.89 Å². The quantitative estimate of drug-likeness (QED) is 0.518. The molecule has 3 rings (SSSR count). The van der Waals surface area contributed by atoms with Crippen LogP contribution in [0.15, 0.2) is 53.5 Å². The molecule has 0 aromatic heterocycles. The fourth-order valence-electron chi connectivity index (χ4n) is 3.91. The number of rotatable bonds is 8. The van der Waals surface area contributed by atoms with Gasteiger partial charge in [-0.05, 0) is 17.7 Å². The monoisotopic (exact) mass is 426 g/mol. The van der Waals surface area contributed by atoms with Crippen LogP contribution in [0, 0.1) is 0 Å². The number of methoxy groups -OCH3 is 2. The topological polar surface area (TPSA) is 58.6 Å². The molecule has 0 bridgehead atoms. The van der Waals surface area contributed by atoms with Crippen molar-refractivity contribution in [3.05, 3.63) is 59.7 Å². The van der Waals surface area contributed by atoms with Crippen molar-refractivity contribution in [2.75, 3.05) is 61.2 Å². The van der Waals surface area contributed by atoms with Gasteiger partial charge in [0.05, 0.1) is 33.5 Å². The first kappa shape index (κ1) is 22.9. The first-order valence-corrected chi connectivity index (χ1v) is 10.7. The number of nitrogens with zero attached hydrogens (tertiary/aromatic N) is 3. The number of ether oxygens (including phenoxy) is 3. The van der Waals surface area contributed by atoms with Crippen LogP contribution in [-0.2, 0) is 11.3 Å². The molecule has 1 aliphatic rings. The molecule has 1 unspecified atom stereocenters. The minimum absolute atomic E-state index is 0.255. The molecule has 0 spiro atoms. The molecule has 1 fully saturated rings. The Hall–Kier alpha value is -2.77. The predicted octanol–water partition coefficient (Wildman–Crippen LogP) is 2.78. The van der Waals surface area contributed by atoms with Gasteiger partial charge < -0.3 is 24.4 Å². The maximum absolute atomic E-state index is 5.56. The van der Waals surface area contributed by atoms with Crippen LogP contribution in [0.5, 0.6) is 11.5 Å². The molecule has 0 amide bonds. The second kappa shape index (κ2) is 11.6. The molecular formula is C24H34N4O3. The fourth-order valence-corrected chi connectivity index (χ4v) is 3.91. The van der Waals surface area contributed by atoms with Crippen molar-refractivity contribution in [2.24, 2.45) is 4.99 Å². The van der Waals surface area contributed by atoms with Gasteiger partial charge in [-0.1, -0.05) is 30.3 Å². The van der Waals surface area contributed by atoms with Crippen LogP contribution in [0.25, 0.3) is 0 Å². The van der Waals surface area contributed by atoms with Crippen molar-refractivity contribution in [1.29, 1.82) is 0 Å². The number of hydrogen-bond acceptors (Lipinski definition) is 5. The van der Waals surface area contributed by atoms with E-state index in [1.807, 2.05) is 32.3 Å². The van der Waals surface area contributed by atoms with E-state index in [1.165, 1.54) is 5.56 Å². The third kappa shape index (κ3) is 6.12. The van der Waals surface area contributed by atoms with Crippen LogP contribution in [-0.4, -0.2) is 76.9 Å². The van der Waals surface area contributed by atoms with Gasteiger partial charge in [0.1, 0.15) is 11.5 Å². The number of nitrogens with one attached hydrogen (secondary N) is 1. The Labute approximate surface area is 185 Å². The average Bonchev–Trinajstić information content (AvgIpc) is 2.83. The fraction of sp³-hybridized carbons (Fsp3) is 0.458. The highest BCUT2D eigenvalue weighted by molar-refractivity contribution is 5.79.